The Balaban J connectivity index is 1.44. The maximum Gasteiger partial charge on any atom is 0.328 e. The van der Waals surface area contributed by atoms with E-state index >= 15 is 0 Å². The van der Waals surface area contributed by atoms with Crippen LogP contribution in [0.15, 0.2) is 91.0 Å². The molecule has 1 N–H and O–H groups in total. The third kappa shape index (κ3) is 5.22. The number of esters is 1. The molecule has 160 valence electrons. The average molecular weight is 416 g/mol. The summed E-state index contributed by atoms with van der Waals surface area (Å²) in [6.45, 7) is 1.60. The van der Waals surface area contributed by atoms with Gasteiger partial charge in [0.15, 0.2) is 0 Å². The highest BCUT2D eigenvalue weighted by atomic mass is 16.5. The van der Waals surface area contributed by atoms with Gasteiger partial charge in [-0.05, 0) is 29.5 Å². The largest absolute Gasteiger partial charge is 0.464 e. The molecule has 1 unspecified atom stereocenters. The number of benzene rings is 3. The van der Waals surface area contributed by atoms with Crippen LogP contribution < -0.4 is 0 Å². The molecule has 31 heavy (non-hydrogen) atoms. The first kappa shape index (κ1) is 21.3. The molecule has 0 radical (unpaired) electrons. The van der Waals surface area contributed by atoms with Crippen molar-refractivity contribution >= 4 is 5.97 Å². The van der Waals surface area contributed by atoms with Crippen molar-refractivity contribution in [3.8, 4) is 0 Å². The van der Waals surface area contributed by atoms with Crippen LogP contribution in [0.25, 0.3) is 0 Å². The van der Waals surface area contributed by atoms with Gasteiger partial charge in [0.2, 0.25) is 0 Å². The summed E-state index contributed by atoms with van der Waals surface area (Å²) in [6.07, 6.45) is 1.86. The molecular formula is C27H29NO3. The summed E-state index contributed by atoms with van der Waals surface area (Å²) in [7, 11) is 0. The smallest absolute Gasteiger partial charge is 0.328 e. The first-order valence-electron chi connectivity index (χ1n) is 10.9. The van der Waals surface area contributed by atoms with Gasteiger partial charge < -0.3 is 9.84 Å². The Morgan fingerprint density at radius 2 is 1.42 bits per heavy atom. The van der Waals surface area contributed by atoms with Gasteiger partial charge in [-0.3, -0.25) is 4.90 Å². The number of carbonyl (C=O) groups is 1. The third-order valence-corrected chi connectivity index (χ3v) is 6.12. The van der Waals surface area contributed by atoms with E-state index in [9.17, 15) is 9.90 Å². The summed E-state index contributed by atoms with van der Waals surface area (Å²) in [4.78, 5) is 15.3. The standard InChI is InChI=1S/C27H29NO3/c29-26(31-21-16-22-10-4-1-5-11-22)25(23-12-6-2-7-13-23)28-19-17-27(30,18-20-28)24-14-8-3-9-15-24/h1-15,25,30H,16-21H2. The van der Waals surface area contributed by atoms with Gasteiger partial charge in [0.05, 0.1) is 12.2 Å². The van der Waals surface area contributed by atoms with Gasteiger partial charge in [0, 0.05) is 19.5 Å². The quantitative estimate of drug-likeness (QED) is 0.578. The maximum atomic E-state index is 13.1. The summed E-state index contributed by atoms with van der Waals surface area (Å²) in [6, 6.07) is 29.2. The molecule has 0 bridgehead atoms. The van der Waals surface area contributed by atoms with E-state index in [1.165, 1.54) is 0 Å². The van der Waals surface area contributed by atoms with Crippen LogP contribution in [0.2, 0.25) is 0 Å². The second-order valence-electron chi connectivity index (χ2n) is 8.15. The van der Waals surface area contributed by atoms with Crippen molar-refractivity contribution < 1.29 is 14.6 Å². The number of hydrogen-bond acceptors (Lipinski definition) is 4. The lowest BCUT2D eigenvalue weighted by Crippen LogP contribution is -2.46. The van der Waals surface area contributed by atoms with Crippen LogP contribution in [-0.2, 0) is 21.6 Å². The lowest BCUT2D eigenvalue weighted by atomic mass is 9.83. The highest BCUT2D eigenvalue weighted by Crippen LogP contribution is 2.36. The molecule has 1 heterocycles. The van der Waals surface area contributed by atoms with E-state index in [0.29, 0.717) is 39.0 Å². The van der Waals surface area contributed by atoms with Crippen LogP contribution in [0.1, 0.15) is 35.6 Å². The van der Waals surface area contributed by atoms with E-state index in [2.05, 4.69) is 4.90 Å². The summed E-state index contributed by atoms with van der Waals surface area (Å²) in [5.41, 5.74) is 2.17. The van der Waals surface area contributed by atoms with Gasteiger partial charge >= 0.3 is 5.97 Å². The maximum absolute atomic E-state index is 13.1. The fourth-order valence-electron chi connectivity index (χ4n) is 4.31. The second-order valence-corrected chi connectivity index (χ2v) is 8.15. The normalized spacial score (nSPS) is 17.1. The zero-order chi connectivity index (χ0) is 21.5. The molecule has 1 fully saturated rings. The number of hydrogen-bond donors (Lipinski definition) is 1. The van der Waals surface area contributed by atoms with Gasteiger partial charge in [0.1, 0.15) is 6.04 Å². The third-order valence-electron chi connectivity index (χ3n) is 6.12. The van der Waals surface area contributed by atoms with Crippen LogP contribution in [0, 0.1) is 0 Å². The minimum absolute atomic E-state index is 0.229. The van der Waals surface area contributed by atoms with E-state index in [0.717, 1.165) is 16.7 Å². The Kier molecular flexibility index (Phi) is 6.80. The molecule has 0 spiro atoms. The molecule has 4 rings (SSSR count). The van der Waals surface area contributed by atoms with Crippen LogP contribution in [0.5, 0.6) is 0 Å². The molecule has 0 aromatic heterocycles. The predicted molar refractivity (Wildman–Crippen MR) is 121 cm³/mol. The fourth-order valence-corrected chi connectivity index (χ4v) is 4.31. The monoisotopic (exact) mass is 415 g/mol. The highest BCUT2D eigenvalue weighted by molar-refractivity contribution is 5.77. The summed E-state index contributed by atoms with van der Waals surface area (Å²) in [5.74, 6) is -0.229. The van der Waals surface area contributed by atoms with Crippen molar-refractivity contribution in [1.82, 2.24) is 4.90 Å². The number of piperidine rings is 1. The van der Waals surface area contributed by atoms with Gasteiger partial charge in [-0.25, -0.2) is 4.79 Å². The van der Waals surface area contributed by atoms with Crippen molar-refractivity contribution in [3.63, 3.8) is 0 Å². The number of likely N-dealkylation sites (tertiary alicyclic amines) is 1. The molecule has 1 saturated heterocycles. The summed E-state index contributed by atoms with van der Waals surface area (Å²) < 4.78 is 5.71. The fraction of sp³-hybridized carbons (Fsp3) is 0.296. The molecule has 1 atom stereocenters. The van der Waals surface area contributed by atoms with Crippen LogP contribution in [0.3, 0.4) is 0 Å². The minimum atomic E-state index is -0.851. The Morgan fingerprint density at radius 1 is 0.871 bits per heavy atom. The molecule has 0 amide bonds. The van der Waals surface area contributed by atoms with E-state index < -0.39 is 11.6 Å². The van der Waals surface area contributed by atoms with Gasteiger partial charge in [-0.1, -0.05) is 91.0 Å². The topological polar surface area (TPSA) is 49.8 Å². The lowest BCUT2D eigenvalue weighted by Gasteiger charge is -2.41. The number of ether oxygens (including phenoxy) is 1. The van der Waals surface area contributed by atoms with Gasteiger partial charge in [0.25, 0.3) is 0 Å². The Labute approximate surface area is 184 Å². The molecule has 1 aliphatic heterocycles. The molecule has 3 aromatic carbocycles. The van der Waals surface area contributed by atoms with Crippen molar-refractivity contribution in [3.05, 3.63) is 108 Å². The van der Waals surface area contributed by atoms with Crippen molar-refractivity contribution in [2.24, 2.45) is 0 Å². The molecule has 4 nitrogen and oxygen atoms in total. The minimum Gasteiger partial charge on any atom is -0.464 e. The van der Waals surface area contributed by atoms with Crippen LogP contribution >= 0.6 is 0 Å². The highest BCUT2D eigenvalue weighted by Gasteiger charge is 2.38. The van der Waals surface area contributed by atoms with Gasteiger partial charge in [-0.2, -0.15) is 0 Å². The average Bonchev–Trinajstić information content (AvgIpc) is 2.83. The van der Waals surface area contributed by atoms with Crippen molar-refractivity contribution in [1.29, 1.82) is 0 Å². The first-order chi connectivity index (χ1) is 15.2. The zero-order valence-corrected chi connectivity index (χ0v) is 17.7. The Morgan fingerprint density at radius 3 is 2.03 bits per heavy atom. The number of rotatable bonds is 7. The van der Waals surface area contributed by atoms with E-state index in [1.54, 1.807) is 0 Å². The predicted octanol–water partition coefficient (Wildman–Crippen LogP) is 4.50. The van der Waals surface area contributed by atoms with Gasteiger partial charge in [-0.15, -0.1) is 0 Å². The molecule has 0 saturated carbocycles. The molecule has 4 heteroatoms. The molecular weight excluding hydrogens is 386 g/mol. The van der Waals surface area contributed by atoms with Crippen LogP contribution in [-0.4, -0.2) is 35.7 Å². The lowest BCUT2D eigenvalue weighted by molar-refractivity contribution is -0.152. The zero-order valence-electron chi connectivity index (χ0n) is 17.7. The molecule has 1 aliphatic rings. The van der Waals surface area contributed by atoms with Crippen LogP contribution in [0.4, 0.5) is 0 Å². The van der Waals surface area contributed by atoms with E-state index in [4.69, 9.17) is 4.74 Å². The van der Waals surface area contributed by atoms with Crippen molar-refractivity contribution in [2.75, 3.05) is 19.7 Å². The summed E-state index contributed by atoms with van der Waals surface area (Å²) >= 11 is 0. The second kappa shape index (κ2) is 9.90. The molecule has 3 aromatic rings. The van der Waals surface area contributed by atoms with Crippen molar-refractivity contribution in [2.45, 2.75) is 30.9 Å². The Bertz CT molecular complexity index is 952. The number of aliphatic hydroxyl groups is 1. The van der Waals surface area contributed by atoms with E-state index in [-0.39, 0.29) is 5.97 Å². The summed E-state index contributed by atoms with van der Waals surface area (Å²) in [5, 5.41) is 11.2. The number of nitrogens with zero attached hydrogens (tertiary/aromatic N) is 1. The SMILES string of the molecule is O=C(OCCc1ccccc1)C(c1ccccc1)N1CCC(O)(c2ccccc2)CC1. The number of carbonyl (C=O) groups excluding carboxylic acids is 1. The first-order valence-corrected chi connectivity index (χ1v) is 10.9. The molecule has 0 aliphatic carbocycles. The Hall–Kier alpha value is -2.95. The van der Waals surface area contributed by atoms with E-state index in [1.807, 2.05) is 91.0 Å².